The van der Waals surface area contributed by atoms with Crippen LogP contribution in [0.3, 0.4) is 0 Å². The van der Waals surface area contributed by atoms with Crippen LogP contribution in [-0.4, -0.2) is 6.18 Å². The molecule has 0 amide bonds. The summed E-state index contributed by atoms with van der Waals surface area (Å²) in [6.07, 6.45) is -4.88. The summed E-state index contributed by atoms with van der Waals surface area (Å²) in [4.78, 5) is 0. The SMILES string of the molecule is N[C@H](c1c(F)ccc(F)c1Cl)C(F)(F)F. The van der Waals surface area contributed by atoms with Crippen molar-refractivity contribution >= 4 is 11.6 Å². The summed E-state index contributed by atoms with van der Waals surface area (Å²) in [5.74, 6) is -2.43. The quantitative estimate of drug-likeness (QED) is 0.597. The van der Waals surface area contributed by atoms with E-state index in [1.807, 2.05) is 0 Å². The zero-order valence-corrected chi connectivity index (χ0v) is 7.83. The van der Waals surface area contributed by atoms with Crippen LogP contribution in [0.1, 0.15) is 11.6 Å². The molecule has 0 spiro atoms. The lowest BCUT2D eigenvalue weighted by Crippen LogP contribution is -2.29. The van der Waals surface area contributed by atoms with Gasteiger partial charge in [-0.3, -0.25) is 0 Å². The molecule has 0 aliphatic heterocycles. The van der Waals surface area contributed by atoms with Crippen molar-refractivity contribution in [3.05, 3.63) is 34.4 Å². The minimum atomic E-state index is -4.88. The van der Waals surface area contributed by atoms with Crippen LogP contribution in [0.5, 0.6) is 0 Å². The van der Waals surface area contributed by atoms with E-state index in [4.69, 9.17) is 17.3 Å². The van der Waals surface area contributed by atoms with Crippen molar-refractivity contribution in [3.63, 3.8) is 0 Å². The van der Waals surface area contributed by atoms with Crippen LogP contribution in [0, 0.1) is 11.6 Å². The first kappa shape index (κ1) is 12.2. The average Bonchev–Trinajstić information content (AvgIpc) is 2.10. The largest absolute Gasteiger partial charge is 0.407 e. The highest BCUT2D eigenvalue weighted by molar-refractivity contribution is 6.31. The van der Waals surface area contributed by atoms with Gasteiger partial charge in [0.1, 0.15) is 17.7 Å². The summed E-state index contributed by atoms with van der Waals surface area (Å²) in [6.45, 7) is 0. The molecule has 0 heterocycles. The van der Waals surface area contributed by atoms with E-state index in [0.29, 0.717) is 12.1 Å². The molecule has 0 aliphatic rings. The first-order valence-electron chi connectivity index (χ1n) is 3.71. The molecule has 0 unspecified atom stereocenters. The molecule has 1 rings (SSSR count). The monoisotopic (exact) mass is 245 g/mol. The summed E-state index contributed by atoms with van der Waals surface area (Å²) < 4.78 is 62.2. The Morgan fingerprint density at radius 1 is 1.13 bits per heavy atom. The van der Waals surface area contributed by atoms with Crippen molar-refractivity contribution in [3.8, 4) is 0 Å². The summed E-state index contributed by atoms with van der Waals surface area (Å²) in [5.41, 5.74) is 3.65. The first-order chi connectivity index (χ1) is 6.75. The van der Waals surface area contributed by atoms with Crippen molar-refractivity contribution < 1.29 is 22.0 Å². The average molecular weight is 246 g/mol. The second-order valence-electron chi connectivity index (χ2n) is 2.78. The fraction of sp³-hybridized carbons (Fsp3) is 0.250. The molecule has 0 aliphatic carbocycles. The second kappa shape index (κ2) is 3.94. The standard InChI is InChI=1S/C8H5ClF5N/c9-6-4(11)2-1-3(10)5(6)7(15)8(12,13)14/h1-2,7H,15H2/t7-/m1/s1. The molecule has 2 N–H and O–H groups in total. The van der Waals surface area contributed by atoms with Crippen molar-refractivity contribution in [2.24, 2.45) is 5.73 Å². The Bertz CT molecular complexity index is 376. The minimum Gasteiger partial charge on any atom is -0.316 e. The first-order valence-corrected chi connectivity index (χ1v) is 4.08. The maximum absolute atomic E-state index is 13.0. The van der Waals surface area contributed by atoms with E-state index in [2.05, 4.69) is 0 Å². The van der Waals surface area contributed by atoms with E-state index < -0.39 is 34.4 Å². The molecule has 1 aromatic carbocycles. The van der Waals surface area contributed by atoms with Gasteiger partial charge in [-0.1, -0.05) is 11.6 Å². The molecule has 7 heteroatoms. The highest BCUT2D eigenvalue weighted by atomic mass is 35.5. The third kappa shape index (κ3) is 2.38. The molecule has 1 nitrogen and oxygen atoms in total. The third-order valence-electron chi connectivity index (χ3n) is 1.74. The summed E-state index contributed by atoms with van der Waals surface area (Å²) >= 11 is 5.20. The Morgan fingerprint density at radius 2 is 1.60 bits per heavy atom. The van der Waals surface area contributed by atoms with E-state index in [9.17, 15) is 22.0 Å². The van der Waals surface area contributed by atoms with Crippen LogP contribution in [-0.2, 0) is 0 Å². The molecule has 0 saturated carbocycles. The van der Waals surface area contributed by atoms with Gasteiger partial charge in [0.15, 0.2) is 0 Å². The Kier molecular flexibility index (Phi) is 3.20. The number of hydrogen-bond acceptors (Lipinski definition) is 1. The van der Waals surface area contributed by atoms with E-state index in [-0.39, 0.29) is 0 Å². The number of alkyl halides is 3. The van der Waals surface area contributed by atoms with Gasteiger partial charge in [-0.05, 0) is 12.1 Å². The van der Waals surface area contributed by atoms with Crippen LogP contribution in [0.4, 0.5) is 22.0 Å². The number of halogens is 6. The van der Waals surface area contributed by atoms with Crippen LogP contribution in [0.25, 0.3) is 0 Å². The molecular weight excluding hydrogens is 241 g/mol. The lowest BCUT2D eigenvalue weighted by molar-refractivity contribution is -0.149. The Labute approximate surface area is 86.6 Å². The topological polar surface area (TPSA) is 26.0 Å². The minimum absolute atomic E-state index is 0.544. The zero-order valence-electron chi connectivity index (χ0n) is 7.08. The smallest absolute Gasteiger partial charge is 0.316 e. The normalized spacial score (nSPS) is 14.1. The van der Waals surface area contributed by atoms with Gasteiger partial charge in [0.2, 0.25) is 0 Å². The highest BCUT2D eigenvalue weighted by Gasteiger charge is 2.41. The van der Waals surface area contributed by atoms with Gasteiger partial charge in [-0.25, -0.2) is 8.78 Å². The summed E-state index contributed by atoms with van der Waals surface area (Å²) in [5, 5.41) is -0.945. The fourth-order valence-corrected chi connectivity index (χ4v) is 1.26. The molecule has 0 aromatic heterocycles. The van der Waals surface area contributed by atoms with Crippen molar-refractivity contribution in [2.45, 2.75) is 12.2 Å². The van der Waals surface area contributed by atoms with Crippen LogP contribution < -0.4 is 5.73 Å². The number of nitrogens with two attached hydrogens (primary N) is 1. The van der Waals surface area contributed by atoms with Crippen molar-refractivity contribution in [2.75, 3.05) is 0 Å². The lowest BCUT2D eigenvalue weighted by Gasteiger charge is -2.17. The molecule has 15 heavy (non-hydrogen) atoms. The van der Waals surface area contributed by atoms with Gasteiger partial charge in [-0.2, -0.15) is 13.2 Å². The van der Waals surface area contributed by atoms with E-state index in [1.165, 1.54) is 0 Å². The summed E-state index contributed by atoms with van der Waals surface area (Å²) in [7, 11) is 0. The van der Waals surface area contributed by atoms with E-state index >= 15 is 0 Å². The molecule has 1 aromatic rings. The third-order valence-corrected chi connectivity index (χ3v) is 2.13. The number of rotatable bonds is 1. The van der Waals surface area contributed by atoms with Crippen molar-refractivity contribution in [1.82, 2.24) is 0 Å². The van der Waals surface area contributed by atoms with Crippen LogP contribution >= 0.6 is 11.6 Å². The molecule has 0 bridgehead atoms. The molecule has 0 fully saturated rings. The van der Waals surface area contributed by atoms with E-state index in [1.54, 1.807) is 0 Å². The Balaban J connectivity index is 3.31. The predicted octanol–water partition coefficient (Wildman–Crippen LogP) is 3.18. The predicted molar refractivity (Wildman–Crippen MR) is 44.4 cm³/mol. The fourth-order valence-electron chi connectivity index (χ4n) is 0.992. The van der Waals surface area contributed by atoms with Crippen LogP contribution in [0.15, 0.2) is 12.1 Å². The Hall–Kier alpha value is -0.880. The van der Waals surface area contributed by atoms with Gasteiger partial charge in [0.25, 0.3) is 0 Å². The molecular formula is C8H5ClF5N. The molecule has 84 valence electrons. The number of benzene rings is 1. The van der Waals surface area contributed by atoms with Crippen molar-refractivity contribution in [1.29, 1.82) is 0 Å². The van der Waals surface area contributed by atoms with Gasteiger partial charge < -0.3 is 5.73 Å². The van der Waals surface area contributed by atoms with Gasteiger partial charge in [-0.15, -0.1) is 0 Å². The highest BCUT2D eigenvalue weighted by Crippen LogP contribution is 2.36. The molecule has 0 saturated heterocycles. The zero-order chi connectivity index (χ0) is 11.8. The van der Waals surface area contributed by atoms with Gasteiger partial charge >= 0.3 is 6.18 Å². The second-order valence-corrected chi connectivity index (χ2v) is 3.15. The molecule has 0 radical (unpaired) electrons. The maximum Gasteiger partial charge on any atom is 0.407 e. The van der Waals surface area contributed by atoms with Gasteiger partial charge in [0.05, 0.1) is 5.02 Å². The number of hydrogen-bond donors (Lipinski definition) is 1. The maximum atomic E-state index is 13.0. The lowest BCUT2D eigenvalue weighted by atomic mass is 10.1. The summed E-state index contributed by atoms with van der Waals surface area (Å²) in [6, 6.07) is -1.47. The Morgan fingerprint density at radius 3 is 2.07 bits per heavy atom. The van der Waals surface area contributed by atoms with Gasteiger partial charge in [0, 0.05) is 5.56 Å². The van der Waals surface area contributed by atoms with Crippen LogP contribution in [0.2, 0.25) is 5.02 Å². The molecule has 1 atom stereocenters. The van der Waals surface area contributed by atoms with E-state index in [0.717, 1.165) is 0 Å².